The van der Waals surface area contributed by atoms with Crippen molar-refractivity contribution in [3.63, 3.8) is 0 Å². The van der Waals surface area contributed by atoms with Crippen molar-refractivity contribution in [3.05, 3.63) is 242 Å². The van der Waals surface area contributed by atoms with Crippen LogP contribution in [-0.4, -0.2) is 15.0 Å². The van der Waals surface area contributed by atoms with Gasteiger partial charge >= 0.3 is 0 Å². The Morgan fingerprint density at radius 3 is 1.44 bits per heavy atom. The molecule has 1 aromatic heterocycles. The standard InChI is InChI=1S/C64H38N4/c1-65-60-33-31-45(37-58(60)47-22-9-19-42(34-47)44-30-32-54-55-28-12-17-40-18-13-29-56(61(40)55)59(54)38-44)43-20-10-23-49(35-43)63-66-62(41-14-3-2-4-15-41)67-64(68-63)50-24-11-21-46(36-50)57-39-48-16-5-6-25-51(48)52-26-7-8-27-53(52)57/h2-39H. The van der Waals surface area contributed by atoms with Gasteiger partial charge in [0.1, 0.15) is 0 Å². The molecule has 0 bridgehead atoms. The van der Waals surface area contributed by atoms with E-state index in [1.54, 1.807) is 0 Å². The minimum atomic E-state index is 0.580. The summed E-state index contributed by atoms with van der Waals surface area (Å²) >= 11 is 0. The zero-order chi connectivity index (χ0) is 45.1. The Balaban J connectivity index is 0.876. The summed E-state index contributed by atoms with van der Waals surface area (Å²) in [5.74, 6) is 1.78. The van der Waals surface area contributed by atoms with Crippen LogP contribution >= 0.6 is 0 Å². The van der Waals surface area contributed by atoms with Crippen molar-refractivity contribution in [2.75, 3.05) is 0 Å². The Morgan fingerprint density at radius 2 is 0.735 bits per heavy atom. The predicted octanol–water partition coefficient (Wildman–Crippen LogP) is 17.2. The van der Waals surface area contributed by atoms with Gasteiger partial charge in [-0.15, -0.1) is 0 Å². The molecule has 0 radical (unpaired) electrons. The first kappa shape index (κ1) is 39.1. The summed E-state index contributed by atoms with van der Waals surface area (Å²) in [4.78, 5) is 19.4. The first-order chi connectivity index (χ1) is 33.6. The van der Waals surface area contributed by atoms with Crippen molar-refractivity contribution in [1.29, 1.82) is 0 Å². The van der Waals surface area contributed by atoms with Gasteiger partial charge in [0.2, 0.25) is 0 Å². The molecular weight excluding hydrogens is 825 g/mol. The highest BCUT2D eigenvalue weighted by Gasteiger charge is 2.22. The van der Waals surface area contributed by atoms with Crippen LogP contribution in [0.5, 0.6) is 0 Å². The molecule has 0 aliphatic heterocycles. The molecule has 0 saturated heterocycles. The third-order valence-electron chi connectivity index (χ3n) is 13.4. The smallest absolute Gasteiger partial charge is 0.194 e. The Hall–Kier alpha value is -9.30. The molecule has 0 saturated carbocycles. The Bertz CT molecular complexity index is 4050. The van der Waals surface area contributed by atoms with E-state index >= 15 is 0 Å². The topological polar surface area (TPSA) is 43.0 Å². The van der Waals surface area contributed by atoms with Crippen LogP contribution in [0.2, 0.25) is 0 Å². The molecule has 12 aromatic rings. The van der Waals surface area contributed by atoms with Gasteiger partial charge < -0.3 is 0 Å². The number of benzene rings is 11. The van der Waals surface area contributed by atoms with Gasteiger partial charge in [-0.05, 0) is 129 Å². The molecule has 314 valence electrons. The summed E-state index contributed by atoms with van der Waals surface area (Å²) in [7, 11) is 0. The van der Waals surface area contributed by atoms with Gasteiger partial charge in [0.05, 0.1) is 6.57 Å². The summed E-state index contributed by atoms with van der Waals surface area (Å²) in [6, 6.07) is 81.1. The quantitative estimate of drug-likeness (QED) is 0.118. The minimum Gasteiger partial charge on any atom is -0.238 e. The van der Waals surface area contributed by atoms with Gasteiger partial charge in [-0.25, -0.2) is 19.8 Å². The fourth-order valence-electron chi connectivity index (χ4n) is 10.2. The Morgan fingerprint density at radius 1 is 0.265 bits per heavy atom. The van der Waals surface area contributed by atoms with E-state index in [2.05, 4.69) is 193 Å². The molecule has 0 unspecified atom stereocenters. The second kappa shape index (κ2) is 16.0. The highest BCUT2D eigenvalue weighted by Crippen LogP contribution is 2.48. The van der Waals surface area contributed by atoms with Crippen LogP contribution in [0.25, 0.3) is 138 Å². The maximum atomic E-state index is 8.19. The molecule has 1 aliphatic rings. The van der Waals surface area contributed by atoms with Gasteiger partial charge in [0, 0.05) is 16.7 Å². The molecule has 11 aromatic carbocycles. The van der Waals surface area contributed by atoms with Gasteiger partial charge in [0.25, 0.3) is 0 Å². The minimum absolute atomic E-state index is 0.580. The third kappa shape index (κ3) is 6.65. The van der Waals surface area contributed by atoms with Crippen molar-refractivity contribution >= 4 is 38.0 Å². The number of hydrogen-bond acceptors (Lipinski definition) is 3. The zero-order valence-electron chi connectivity index (χ0n) is 36.7. The molecule has 0 spiro atoms. The molecule has 0 N–H and O–H groups in total. The van der Waals surface area contributed by atoms with Gasteiger partial charge in [-0.2, -0.15) is 0 Å². The fraction of sp³-hybridized carbons (Fsp3) is 0. The Labute approximate surface area is 394 Å². The van der Waals surface area contributed by atoms with E-state index in [-0.39, 0.29) is 0 Å². The monoisotopic (exact) mass is 862 g/mol. The average Bonchev–Trinajstić information content (AvgIpc) is 3.74. The maximum absolute atomic E-state index is 8.19. The van der Waals surface area contributed by atoms with Crippen LogP contribution in [0.4, 0.5) is 5.69 Å². The van der Waals surface area contributed by atoms with Gasteiger partial charge in [-0.1, -0.05) is 200 Å². The van der Waals surface area contributed by atoms with Crippen molar-refractivity contribution in [2.45, 2.75) is 0 Å². The largest absolute Gasteiger partial charge is 0.238 e. The normalized spacial score (nSPS) is 11.5. The van der Waals surface area contributed by atoms with Crippen LogP contribution in [0.15, 0.2) is 231 Å². The van der Waals surface area contributed by atoms with E-state index in [4.69, 9.17) is 21.5 Å². The van der Waals surface area contributed by atoms with Crippen LogP contribution in [-0.2, 0) is 0 Å². The highest BCUT2D eigenvalue weighted by atomic mass is 15.0. The van der Waals surface area contributed by atoms with Crippen LogP contribution in [0.1, 0.15) is 0 Å². The lowest BCUT2D eigenvalue weighted by atomic mass is 9.92. The summed E-state index contributed by atoms with van der Waals surface area (Å²) in [6.45, 7) is 8.19. The summed E-state index contributed by atoms with van der Waals surface area (Å²) in [5.41, 5.74) is 16.8. The molecular formula is C64H38N4. The predicted molar refractivity (Wildman–Crippen MR) is 281 cm³/mol. The summed E-state index contributed by atoms with van der Waals surface area (Å²) in [6.07, 6.45) is 0. The molecule has 68 heavy (non-hydrogen) atoms. The lowest BCUT2D eigenvalue weighted by Gasteiger charge is -2.13. The number of fused-ring (bicyclic) bond motifs is 6. The zero-order valence-corrected chi connectivity index (χ0v) is 36.7. The molecule has 1 heterocycles. The molecule has 1 aliphatic carbocycles. The highest BCUT2D eigenvalue weighted by molar-refractivity contribution is 6.16. The number of nitrogens with zero attached hydrogens (tertiary/aromatic N) is 4. The van der Waals surface area contributed by atoms with Crippen LogP contribution < -0.4 is 0 Å². The van der Waals surface area contributed by atoms with E-state index in [9.17, 15) is 0 Å². The maximum Gasteiger partial charge on any atom is 0.194 e. The van der Waals surface area contributed by atoms with Crippen molar-refractivity contribution in [3.8, 4) is 101 Å². The van der Waals surface area contributed by atoms with E-state index in [0.717, 1.165) is 61.2 Å². The average molecular weight is 863 g/mol. The first-order valence-electron chi connectivity index (χ1n) is 22.9. The lowest BCUT2D eigenvalue weighted by Crippen LogP contribution is -2.00. The first-order valence-corrected chi connectivity index (χ1v) is 22.9. The van der Waals surface area contributed by atoms with Gasteiger partial charge in [-0.3, -0.25) is 0 Å². The fourth-order valence-corrected chi connectivity index (χ4v) is 10.2. The molecule has 0 fully saturated rings. The summed E-state index contributed by atoms with van der Waals surface area (Å²) in [5, 5.41) is 7.45. The van der Waals surface area contributed by atoms with E-state index in [0.29, 0.717) is 23.2 Å². The van der Waals surface area contributed by atoms with Crippen LogP contribution in [0, 0.1) is 6.57 Å². The SMILES string of the molecule is [C-]#[N+]c1ccc(-c2cccc(-c3nc(-c4ccccc4)nc(-c4cccc(-c5cc6ccccc6c6ccccc56)c4)n3)c2)cc1-c1cccc(-c2ccc3c(c2)-c2cccc4cccc-3c24)c1. The lowest BCUT2D eigenvalue weighted by molar-refractivity contribution is 1.07. The van der Waals surface area contributed by atoms with Crippen LogP contribution in [0.3, 0.4) is 0 Å². The number of rotatable bonds is 7. The Kier molecular flexibility index (Phi) is 9.20. The molecule has 0 atom stereocenters. The van der Waals surface area contributed by atoms with Crippen molar-refractivity contribution in [1.82, 2.24) is 15.0 Å². The van der Waals surface area contributed by atoms with Gasteiger partial charge in [0.15, 0.2) is 23.2 Å². The molecule has 0 amide bonds. The van der Waals surface area contributed by atoms with E-state index in [1.165, 1.54) is 54.6 Å². The molecule has 13 rings (SSSR count). The second-order valence-electron chi connectivity index (χ2n) is 17.4. The van der Waals surface area contributed by atoms with Crippen molar-refractivity contribution in [2.24, 2.45) is 0 Å². The molecule has 4 nitrogen and oxygen atoms in total. The van der Waals surface area contributed by atoms with E-state index in [1.807, 2.05) is 42.5 Å². The molecule has 4 heteroatoms. The third-order valence-corrected chi connectivity index (χ3v) is 13.4. The second-order valence-corrected chi connectivity index (χ2v) is 17.4. The number of hydrogen-bond donors (Lipinski definition) is 0. The summed E-state index contributed by atoms with van der Waals surface area (Å²) < 4.78 is 0. The van der Waals surface area contributed by atoms with Crippen molar-refractivity contribution < 1.29 is 0 Å². The number of aromatic nitrogens is 3. The van der Waals surface area contributed by atoms with E-state index < -0.39 is 0 Å².